The summed E-state index contributed by atoms with van der Waals surface area (Å²) in [6, 6.07) is -0.953. The van der Waals surface area contributed by atoms with E-state index in [1.165, 1.54) is 6.92 Å². The van der Waals surface area contributed by atoms with Crippen LogP contribution in [0.5, 0.6) is 0 Å². The van der Waals surface area contributed by atoms with Crippen LogP contribution in [0.15, 0.2) is 35.5 Å². The summed E-state index contributed by atoms with van der Waals surface area (Å²) in [4.78, 5) is 85.6. The van der Waals surface area contributed by atoms with Gasteiger partial charge in [-0.15, -0.1) is 0 Å². The van der Waals surface area contributed by atoms with Crippen molar-refractivity contribution < 1.29 is 44.1 Å². The third-order valence-electron chi connectivity index (χ3n) is 8.72. The molecule has 5 amide bonds. The Kier molecular flexibility index (Phi) is 19.0. The second-order valence-electron chi connectivity index (χ2n) is 13.6. The highest BCUT2D eigenvalue weighted by atomic mass is 16.4. The molecule has 0 aliphatic carbocycles. The summed E-state index contributed by atoms with van der Waals surface area (Å²) in [5.41, 5.74) is 23.4. The van der Waals surface area contributed by atoms with Gasteiger partial charge in [-0.05, 0) is 56.7 Å². The van der Waals surface area contributed by atoms with E-state index in [9.17, 15) is 44.1 Å². The van der Waals surface area contributed by atoms with Gasteiger partial charge in [-0.1, -0.05) is 38.5 Å². The molecule has 0 aliphatic heterocycles. The molecule has 20 nitrogen and oxygen atoms in total. The van der Waals surface area contributed by atoms with Crippen molar-refractivity contribution in [3.05, 3.63) is 36.0 Å². The molecule has 1 aromatic carbocycles. The highest BCUT2D eigenvalue weighted by Crippen LogP contribution is 2.19. The van der Waals surface area contributed by atoms with E-state index < -0.39 is 90.4 Å². The fraction of sp³-hybridized carbons (Fsp3) is 0.571. The van der Waals surface area contributed by atoms with Gasteiger partial charge in [0.15, 0.2) is 5.96 Å². The van der Waals surface area contributed by atoms with Crippen molar-refractivity contribution in [2.45, 2.75) is 102 Å². The number of aromatic nitrogens is 1. The number of carboxylic acid groups (broad SMARTS) is 1. The summed E-state index contributed by atoms with van der Waals surface area (Å²) in [6.07, 6.45) is 1.84. The van der Waals surface area contributed by atoms with Gasteiger partial charge in [-0.3, -0.25) is 29.0 Å². The predicted molar refractivity (Wildman–Crippen MR) is 204 cm³/mol. The second-order valence-corrected chi connectivity index (χ2v) is 13.6. The number of H-pyrrole nitrogens is 1. The number of guanidine groups is 1. The lowest BCUT2D eigenvalue weighted by atomic mass is 10.0. The number of amides is 5. The van der Waals surface area contributed by atoms with Gasteiger partial charge < -0.3 is 69.8 Å². The lowest BCUT2D eigenvalue weighted by Gasteiger charge is -2.28. The van der Waals surface area contributed by atoms with E-state index in [1.54, 1.807) is 38.2 Å². The SMILES string of the molecule is CC(C)[C@H](NC(=O)[C@@H](NC(=O)[C@@H](N)CCCCN)[C@@H](C)O)C(=O)N[C@@H](CO)C(=O)N[C@@H](Cc1c[nH]c2ccccc12)C(=O)N[C@@H](CCCN=C(N)N)C(=O)O. The van der Waals surface area contributed by atoms with Crippen LogP contribution >= 0.6 is 0 Å². The molecule has 7 atom stereocenters. The molecule has 0 saturated carbocycles. The maximum Gasteiger partial charge on any atom is 0.326 e. The number of aliphatic hydroxyl groups excluding tert-OH is 2. The Bertz CT molecular complexity index is 1630. The van der Waals surface area contributed by atoms with Gasteiger partial charge in [0, 0.05) is 30.1 Å². The molecule has 0 aliphatic rings. The molecule has 1 heterocycles. The van der Waals surface area contributed by atoms with Gasteiger partial charge in [0.2, 0.25) is 29.5 Å². The van der Waals surface area contributed by atoms with Gasteiger partial charge >= 0.3 is 5.97 Å². The van der Waals surface area contributed by atoms with Crippen LogP contribution in [0.1, 0.15) is 58.4 Å². The zero-order chi connectivity index (χ0) is 41.2. The Labute approximate surface area is 319 Å². The normalized spacial score (nSPS) is 15.1. The van der Waals surface area contributed by atoms with Crippen LogP contribution in [-0.2, 0) is 35.2 Å². The second kappa shape index (κ2) is 22.8. The molecule has 1 aromatic heterocycles. The Morgan fingerprint density at radius 2 is 1.38 bits per heavy atom. The Hall–Kier alpha value is -5.31. The fourth-order valence-corrected chi connectivity index (χ4v) is 5.57. The summed E-state index contributed by atoms with van der Waals surface area (Å²) in [6.45, 7) is 4.08. The topological polar surface area (TPSA) is 355 Å². The van der Waals surface area contributed by atoms with Crippen molar-refractivity contribution in [1.82, 2.24) is 31.6 Å². The average molecular weight is 776 g/mol. The number of nitrogens with zero attached hydrogens (tertiary/aromatic N) is 1. The smallest absolute Gasteiger partial charge is 0.326 e. The van der Waals surface area contributed by atoms with Gasteiger partial charge in [-0.25, -0.2) is 4.79 Å². The van der Waals surface area contributed by atoms with Gasteiger partial charge in [0.25, 0.3) is 0 Å². The molecule has 0 bridgehead atoms. The van der Waals surface area contributed by atoms with Crippen LogP contribution in [0.4, 0.5) is 0 Å². The average Bonchev–Trinajstić information content (AvgIpc) is 3.54. The predicted octanol–water partition coefficient (Wildman–Crippen LogP) is -3.24. The summed E-state index contributed by atoms with van der Waals surface area (Å²) in [5.74, 6) is -6.42. The third-order valence-corrected chi connectivity index (χ3v) is 8.72. The summed E-state index contributed by atoms with van der Waals surface area (Å²) >= 11 is 0. The number of para-hydroxylation sites is 1. The number of aliphatic carboxylic acids is 1. The van der Waals surface area contributed by atoms with Gasteiger partial charge in [-0.2, -0.15) is 0 Å². The number of aromatic amines is 1. The number of nitrogens with two attached hydrogens (primary N) is 4. The number of aliphatic hydroxyl groups is 2. The number of rotatable bonds is 24. The summed E-state index contributed by atoms with van der Waals surface area (Å²) in [5, 5.41) is 43.3. The molecule has 55 heavy (non-hydrogen) atoms. The number of carbonyl (C=O) groups is 6. The maximum atomic E-state index is 13.6. The van der Waals surface area contributed by atoms with Crippen LogP contribution in [-0.4, -0.2) is 124 Å². The van der Waals surface area contributed by atoms with Crippen molar-refractivity contribution >= 4 is 52.4 Å². The molecule has 0 saturated heterocycles. The van der Waals surface area contributed by atoms with Crippen molar-refractivity contribution in [3.8, 4) is 0 Å². The molecular formula is C35H57N11O9. The van der Waals surface area contributed by atoms with Crippen LogP contribution in [0.3, 0.4) is 0 Å². The number of carbonyl (C=O) groups excluding carboxylic acids is 5. The van der Waals surface area contributed by atoms with Crippen LogP contribution in [0, 0.1) is 5.92 Å². The van der Waals surface area contributed by atoms with E-state index in [0.717, 1.165) is 10.9 Å². The number of benzene rings is 1. The monoisotopic (exact) mass is 775 g/mol. The standard InChI is InChI=1S/C35H57N11O9/c1-18(2)27(45-33(53)28(19(3)48)46-29(49)22(37)10-6-7-13-36)32(52)44-26(17-47)31(51)43-25(15-20-16-41-23-11-5-4-9-21(20)23)30(50)42-24(34(54)55)12-8-14-40-35(38)39/h4-5,9,11,16,18-19,22,24-28,41,47-48H,6-8,10,12-15,17,36-37H2,1-3H3,(H,42,50)(H,43,51)(H,44,52)(H,45,53)(H,46,49)(H,54,55)(H4,38,39,40)/t19-,22+,24+,25+,26+,27+,28+/m1/s1. The maximum absolute atomic E-state index is 13.6. The zero-order valence-corrected chi connectivity index (χ0v) is 31.4. The first kappa shape index (κ1) is 45.8. The van der Waals surface area contributed by atoms with Crippen molar-refractivity contribution in [2.24, 2.45) is 33.8 Å². The molecule has 0 radical (unpaired) electrons. The van der Waals surface area contributed by atoms with Crippen LogP contribution in [0.2, 0.25) is 0 Å². The number of aliphatic imine (C=N–C) groups is 1. The van der Waals surface area contributed by atoms with E-state index in [0.29, 0.717) is 31.4 Å². The van der Waals surface area contributed by atoms with Crippen LogP contribution in [0.25, 0.3) is 10.9 Å². The zero-order valence-electron chi connectivity index (χ0n) is 31.4. The van der Waals surface area contributed by atoms with Gasteiger partial charge in [0.1, 0.15) is 30.2 Å². The summed E-state index contributed by atoms with van der Waals surface area (Å²) in [7, 11) is 0. The first-order valence-corrected chi connectivity index (χ1v) is 18.1. The van der Waals surface area contributed by atoms with E-state index in [1.807, 2.05) is 6.07 Å². The largest absolute Gasteiger partial charge is 0.480 e. The molecule has 0 spiro atoms. The molecule has 0 unspecified atom stereocenters. The Morgan fingerprint density at radius 3 is 1.98 bits per heavy atom. The number of fused-ring (bicyclic) bond motifs is 1. The minimum Gasteiger partial charge on any atom is -0.480 e. The van der Waals surface area contributed by atoms with E-state index in [-0.39, 0.29) is 31.8 Å². The quantitative estimate of drug-likeness (QED) is 0.0284. The number of hydrogen-bond donors (Lipinski definition) is 13. The molecule has 20 heteroatoms. The number of nitrogens with one attached hydrogen (secondary N) is 6. The van der Waals surface area contributed by atoms with Crippen molar-refractivity contribution in [3.63, 3.8) is 0 Å². The van der Waals surface area contributed by atoms with Crippen molar-refractivity contribution in [1.29, 1.82) is 0 Å². The first-order valence-electron chi connectivity index (χ1n) is 18.1. The molecule has 0 fully saturated rings. The lowest BCUT2D eigenvalue weighted by Crippen LogP contribution is -2.62. The van der Waals surface area contributed by atoms with E-state index in [2.05, 4.69) is 36.6 Å². The van der Waals surface area contributed by atoms with E-state index in [4.69, 9.17) is 22.9 Å². The molecule has 2 aromatic rings. The van der Waals surface area contributed by atoms with Crippen molar-refractivity contribution in [2.75, 3.05) is 19.7 Å². The minimum atomic E-state index is -1.63. The number of unbranched alkanes of at least 4 members (excludes halogenated alkanes) is 1. The number of hydrogen-bond acceptors (Lipinski definition) is 11. The minimum absolute atomic E-state index is 0.0373. The fourth-order valence-electron chi connectivity index (χ4n) is 5.57. The molecule has 2 rings (SSSR count). The Balaban J connectivity index is 2.25. The molecule has 306 valence electrons. The number of carboxylic acids is 1. The lowest BCUT2D eigenvalue weighted by molar-refractivity contribution is -0.142. The first-order chi connectivity index (χ1) is 26.0. The molecule has 17 N–H and O–H groups in total. The third kappa shape index (κ3) is 14.8. The molecular weight excluding hydrogens is 718 g/mol. The Morgan fingerprint density at radius 1 is 0.782 bits per heavy atom. The highest BCUT2D eigenvalue weighted by molar-refractivity contribution is 5.97. The van der Waals surface area contributed by atoms with Gasteiger partial charge in [0.05, 0.1) is 18.8 Å². The van der Waals surface area contributed by atoms with Crippen LogP contribution < -0.4 is 49.5 Å². The highest BCUT2D eigenvalue weighted by Gasteiger charge is 2.35. The summed E-state index contributed by atoms with van der Waals surface area (Å²) < 4.78 is 0. The van der Waals surface area contributed by atoms with E-state index >= 15 is 0 Å².